The summed E-state index contributed by atoms with van der Waals surface area (Å²) in [7, 11) is 0. The Balaban J connectivity index is 2.08. The Kier molecular flexibility index (Phi) is 3.92. The number of benzene rings is 2. The van der Waals surface area contributed by atoms with Gasteiger partial charge in [0.15, 0.2) is 0 Å². The second-order valence-electron chi connectivity index (χ2n) is 3.99. The van der Waals surface area contributed by atoms with E-state index in [9.17, 15) is 4.39 Å². The van der Waals surface area contributed by atoms with Crippen molar-refractivity contribution in [2.45, 2.75) is 12.5 Å². The molecule has 0 heterocycles. The molecule has 0 aliphatic carbocycles. The smallest absolute Gasteiger partial charge is 0.123 e. The van der Waals surface area contributed by atoms with Crippen molar-refractivity contribution in [3.63, 3.8) is 0 Å². The first kappa shape index (κ1) is 12.3. The molecule has 1 atom stereocenters. The van der Waals surface area contributed by atoms with Crippen LogP contribution in [0, 0.1) is 5.82 Å². The molecule has 2 N–H and O–H groups in total. The molecule has 3 heteroatoms. The summed E-state index contributed by atoms with van der Waals surface area (Å²) in [5, 5.41) is 0. The van der Waals surface area contributed by atoms with Crippen LogP contribution in [0.1, 0.15) is 17.2 Å². The van der Waals surface area contributed by atoms with Gasteiger partial charge in [0.2, 0.25) is 0 Å². The molecule has 2 rings (SSSR count). The van der Waals surface area contributed by atoms with E-state index in [1.54, 1.807) is 12.1 Å². The lowest BCUT2D eigenvalue weighted by atomic mass is 10.00. The fourth-order valence-corrected chi connectivity index (χ4v) is 1.97. The highest BCUT2D eigenvalue weighted by molar-refractivity contribution is 9.10. The van der Waals surface area contributed by atoms with E-state index in [0.29, 0.717) is 6.42 Å². The van der Waals surface area contributed by atoms with E-state index in [0.717, 1.165) is 15.6 Å². The Morgan fingerprint density at radius 3 is 2.18 bits per heavy atom. The predicted octanol–water partition coefficient (Wildman–Crippen LogP) is 3.83. The molecule has 0 aliphatic rings. The van der Waals surface area contributed by atoms with Crippen molar-refractivity contribution in [1.82, 2.24) is 0 Å². The summed E-state index contributed by atoms with van der Waals surface area (Å²) in [4.78, 5) is 0. The van der Waals surface area contributed by atoms with Crippen molar-refractivity contribution in [1.29, 1.82) is 0 Å². The number of halogens is 2. The zero-order chi connectivity index (χ0) is 12.3. The molecule has 0 radical (unpaired) electrons. The second-order valence-corrected chi connectivity index (χ2v) is 4.90. The van der Waals surface area contributed by atoms with Crippen LogP contribution in [0.3, 0.4) is 0 Å². The van der Waals surface area contributed by atoms with E-state index < -0.39 is 0 Å². The number of nitrogens with two attached hydrogens (primary N) is 1. The molecule has 1 nitrogen and oxygen atoms in total. The molecule has 0 aromatic heterocycles. The standard InChI is InChI=1S/C14H13BrFN/c15-12-5-3-11(4-6-12)14(17)9-10-1-7-13(16)8-2-10/h1-8,14H,9,17H2. The lowest BCUT2D eigenvalue weighted by Crippen LogP contribution is -2.13. The van der Waals surface area contributed by atoms with E-state index in [4.69, 9.17) is 5.73 Å². The molecule has 88 valence electrons. The summed E-state index contributed by atoms with van der Waals surface area (Å²) in [6.45, 7) is 0. The lowest BCUT2D eigenvalue weighted by Gasteiger charge is -2.12. The second kappa shape index (κ2) is 5.43. The van der Waals surface area contributed by atoms with Crippen LogP contribution in [0.25, 0.3) is 0 Å². The van der Waals surface area contributed by atoms with Crippen molar-refractivity contribution < 1.29 is 4.39 Å². The molecule has 0 amide bonds. The minimum atomic E-state index is -0.217. The highest BCUT2D eigenvalue weighted by Gasteiger charge is 2.06. The van der Waals surface area contributed by atoms with Gasteiger partial charge in [0, 0.05) is 10.5 Å². The monoisotopic (exact) mass is 293 g/mol. The van der Waals surface area contributed by atoms with Crippen molar-refractivity contribution in [3.8, 4) is 0 Å². The Labute approximate surface area is 109 Å². The van der Waals surface area contributed by atoms with E-state index in [1.165, 1.54) is 12.1 Å². The van der Waals surface area contributed by atoms with Gasteiger partial charge in [-0.1, -0.05) is 40.2 Å². The topological polar surface area (TPSA) is 26.0 Å². The third-order valence-electron chi connectivity index (χ3n) is 2.67. The molecule has 0 fully saturated rings. The van der Waals surface area contributed by atoms with Crippen molar-refractivity contribution >= 4 is 15.9 Å². The molecular formula is C14H13BrFN. The average Bonchev–Trinajstić information content (AvgIpc) is 2.33. The van der Waals surface area contributed by atoms with Crippen LogP contribution in [-0.2, 0) is 6.42 Å². The third kappa shape index (κ3) is 3.38. The summed E-state index contributed by atoms with van der Waals surface area (Å²) in [6, 6.07) is 14.3. The van der Waals surface area contributed by atoms with E-state index in [1.807, 2.05) is 24.3 Å². The quantitative estimate of drug-likeness (QED) is 0.914. The van der Waals surface area contributed by atoms with Crippen molar-refractivity contribution in [2.24, 2.45) is 5.73 Å². The van der Waals surface area contributed by atoms with Crippen LogP contribution in [0.15, 0.2) is 53.0 Å². The van der Waals surface area contributed by atoms with Crippen LogP contribution in [0.2, 0.25) is 0 Å². The fraction of sp³-hybridized carbons (Fsp3) is 0.143. The highest BCUT2D eigenvalue weighted by atomic mass is 79.9. The van der Waals surface area contributed by atoms with Gasteiger partial charge in [-0.3, -0.25) is 0 Å². The molecule has 0 saturated carbocycles. The fourth-order valence-electron chi connectivity index (χ4n) is 1.70. The maximum atomic E-state index is 12.8. The summed E-state index contributed by atoms with van der Waals surface area (Å²) in [5.74, 6) is -0.217. The minimum Gasteiger partial charge on any atom is -0.324 e. The zero-order valence-corrected chi connectivity index (χ0v) is 10.8. The lowest BCUT2D eigenvalue weighted by molar-refractivity contribution is 0.625. The third-order valence-corrected chi connectivity index (χ3v) is 3.20. The van der Waals surface area contributed by atoms with Crippen LogP contribution in [0.5, 0.6) is 0 Å². The number of hydrogen-bond acceptors (Lipinski definition) is 1. The Bertz CT molecular complexity index is 479. The summed E-state index contributed by atoms with van der Waals surface area (Å²) < 4.78 is 13.8. The van der Waals surface area contributed by atoms with Gasteiger partial charge in [-0.15, -0.1) is 0 Å². The van der Waals surface area contributed by atoms with Gasteiger partial charge in [-0.25, -0.2) is 4.39 Å². The van der Waals surface area contributed by atoms with Crippen LogP contribution in [0.4, 0.5) is 4.39 Å². The Morgan fingerprint density at radius 1 is 1.00 bits per heavy atom. The molecule has 0 bridgehead atoms. The van der Waals surface area contributed by atoms with Gasteiger partial charge >= 0.3 is 0 Å². The zero-order valence-electron chi connectivity index (χ0n) is 9.24. The molecule has 2 aromatic rings. The molecule has 17 heavy (non-hydrogen) atoms. The van der Waals surface area contributed by atoms with Gasteiger partial charge in [0.25, 0.3) is 0 Å². The summed E-state index contributed by atoms with van der Waals surface area (Å²) in [6.07, 6.45) is 0.710. The molecule has 1 unspecified atom stereocenters. The summed E-state index contributed by atoms with van der Waals surface area (Å²) in [5.41, 5.74) is 8.23. The Hall–Kier alpha value is -1.19. The maximum absolute atomic E-state index is 12.8. The normalized spacial score (nSPS) is 12.4. The predicted molar refractivity (Wildman–Crippen MR) is 71.2 cm³/mol. The largest absolute Gasteiger partial charge is 0.324 e. The maximum Gasteiger partial charge on any atom is 0.123 e. The number of hydrogen-bond donors (Lipinski definition) is 1. The first-order chi connectivity index (χ1) is 8.15. The Morgan fingerprint density at radius 2 is 1.59 bits per heavy atom. The first-order valence-corrected chi connectivity index (χ1v) is 6.20. The SMILES string of the molecule is NC(Cc1ccc(F)cc1)c1ccc(Br)cc1. The van der Waals surface area contributed by atoms with Gasteiger partial charge in [-0.2, -0.15) is 0 Å². The average molecular weight is 294 g/mol. The van der Waals surface area contributed by atoms with Crippen LogP contribution < -0.4 is 5.73 Å². The first-order valence-electron chi connectivity index (χ1n) is 5.40. The molecule has 0 saturated heterocycles. The minimum absolute atomic E-state index is 0.0615. The molecule has 2 aromatic carbocycles. The van der Waals surface area contributed by atoms with Crippen molar-refractivity contribution in [3.05, 3.63) is 69.9 Å². The molecule has 0 spiro atoms. The van der Waals surface area contributed by atoms with Crippen molar-refractivity contribution in [2.75, 3.05) is 0 Å². The van der Waals surface area contributed by atoms with E-state index in [-0.39, 0.29) is 11.9 Å². The van der Waals surface area contributed by atoms with Crippen LogP contribution in [-0.4, -0.2) is 0 Å². The summed E-state index contributed by atoms with van der Waals surface area (Å²) >= 11 is 3.39. The molecular weight excluding hydrogens is 281 g/mol. The van der Waals surface area contributed by atoms with E-state index in [2.05, 4.69) is 15.9 Å². The number of rotatable bonds is 3. The van der Waals surface area contributed by atoms with E-state index >= 15 is 0 Å². The van der Waals surface area contributed by atoms with Gasteiger partial charge in [0.1, 0.15) is 5.82 Å². The van der Waals surface area contributed by atoms with Gasteiger partial charge in [-0.05, 0) is 41.8 Å². The molecule has 0 aliphatic heterocycles. The van der Waals surface area contributed by atoms with Crippen LogP contribution >= 0.6 is 15.9 Å². The van der Waals surface area contributed by atoms with Gasteiger partial charge < -0.3 is 5.73 Å². The highest BCUT2D eigenvalue weighted by Crippen LogP contribution is 2.18. The van der Waals surface area contributed by atoms with Gasteiger partial charge in [0.05, 0.1) is 0 Å².